The van der Waals surface area contributed by atoms with Crippen LogP contribution in [0, 0.1) is 17.2 Å². The van der Waals surface area contributed by atoms with Gasteiger partial charge in [-0.1, -0.05) is 13.0 Å². The largest absolute Gasteiger partial charge is 0.323 e. The van der Waals surface area contributed by atoms with Crippen LogP contribution in [0.15, 0.2) is 23.0 Å². The van der Waals surface area contributed by atoms with Crippen molar-refractivity contribution in [1.82, 2.24) is 15.3 Å². The molecule has 5 nitrogen and oxygen atoms in total. The molecule has 19 heavy (non-hydrogen) atoms. The van der Waals surface area contributed by atoms with Crippen molar-refractivity contribution in [2.45, 2.75) is 19.8 Å². The smallest absolute Gasteiger partial charge is 0.315 e. The Bertz CT molecular complexity index is 635. The van der Waals surface area contributed by atoms with E-state index < -0.39 is 0 Å². The topological polar surface area (TPSA) is 84.5 Å². The lowest BCUT2D eigenvalue weighted by Crippen LogP contribution is -2.23. The van der Waals surface area contributed by atoms with Crippen molar-refractivity contribution < 1.29 is 0 Å². The molecule has 1 aromatic carbocycles. The van der Waals surface area contributed by atoms with Crippen LogP contribution >= 0.6 is 0 Å². The SMILES string of the molecule is CCC(C#N)CNCCc1ccc2[nH]c(=O)[nH]c2c1. The van der Waals surface area contributed by atoms with Gasteiger partial charge in [-0.25, -0.2) is 4.79 Å². The minimum atomic E-state index is -0.176. The predicted molar refractivity (Wildman–Crippen MR) is 74.9 cm³/mol. The first-order chi connectivity index (χ1) is 9.22. The number of rotatable bonds is 6. The average Bonchev–Trinajstić information content (AvgIpc) is 2.78. The zero-order valence-electron chi connectivity index (χ0n) is 11.0. The molecule has 0 aliphatic rings. The molecule has 1 aromatic heterocycles. The van der Waals surface area contributed by atoms with Crippen LogP contribution in [-0.4, -0.2) is 23.1 Å². The molecule has 0 amide bonds. The second-order valence-electron chi connectivity index (χ2n) is 4.65. The van der Waals surface area contributed by atoms with Crippen LogP contribution in [-0.2, 0) is 6.42 Å². The van der Waals surface area contributed by atoms with Gasteiger partial charge in [0.2, 0.25) is 0 Å². The van der Waals surface area contributed by atoms with Gasteiger partial charge in [0.05, 0.1) is 23.0 Å². The van der Waals surface area contributed by atoms with Gasteiger partial charge in [0, 0.05) is 6.54 Å². The summed E-state index contributed by atoms with van der Waals surface area (Å²) in [6.07, 6.45) is 1.76. The quantitative estimate of drug-likeness (QED) is 0.687. The Labute approximate surface area is 111 Å². The number of H-pyrrole nitrogens is 2. The lowest BCUT2D eigenvalue weighted by molar-refractivity contribution is 0.555. The van der Waals surface area contributed by atoms with E-state index in [0.29, 0.717) is 0 Å². The van der Waals surface area contributed by atoms with Gasteiger partial charge in [-0.2, -0.15) is 5.26 Å². The number of fused-ring (bicyclic) bond motifs is 1. The molecule has 2 aromatic rings. The third kappa shape index (κ3) is 3.46. The minimum Gasteiger partial charge on any atom is -0.315 e. The van der Waals surface area contributed by atoms with Gasteiger partial charge in [-0.15, -0.1) is 0 Å². The third-order valence-electron chi connectivity index (χ3n) is 3.24. The standard InChI is InChI=1S/C14H18N4O/c1-2-10(8-15)9-16-6-5-11-3-4-12-13(7-11)18-14(19)17-12/h3-4,7,10,16H,2,5-6,9H2,1H3,(H2,17,18,19). The molecule has 0 aliphatic heterocycles. The first-order valence-corrected chi connectivity index (χ1v) is 6.54. The van der Waals surface area contributed by atoms with Crippen LogP contribution in [0.1, 0.15) is 18.9 Å². The van der Waals surface area contributed by atoms with E-state index >= 15 is 0 Å². The summed E-state index contributed by atoms with van der Waals surface area (Å²) in [6.45, 7) is 3.58. The molecule has 3 N–H and O–H groups in total. The number of aromatic amines is 2. The number of imidazole rings is 1. The van der Waals surface area contributed by atoms with E-state index in [0.717, 1.165) is 37.0 Å². The summed E-state index contributed by atoms with van der Waals surface area (Å²) in [5.41, 5.74) is 2.66. The van der Waals surface area contributed by atoms with Crippen LogP contribution in [0.4, 0.5) is 0 Å². The molecule has 0 bridgehead atoms. The van der Waals surface area contributed by atoms with Crippen molar-refractivity contribution in [3.8, 4) is 6.07 Å². The molecule has 1 unspecified atom stereocenters. The lowest BCUT2D eigenvalue weighted by atomic mass is 10.1. The van der Waals surface area contributed by atoms with Gasteiger partial charge < -0.3 is 15.3 Å². The number of hydrogen-bond donors (Lipinski definition) is 3. The second-order valence-corrected chi connectivity index (χ2v) is 4.65. The molecule has 0 spiro atoms. The van der Waals surface area contributed by atoms with Gasteiger partial charge in [0.1, 0.15) is 0 Å². The number of hydrogen-bond acceptors (Lipinski definition) is 3. The number of nitriles is 1. The molecule has 5 heteroatoms. The highest BCUT2D eigenvalue weighted by atomic mass is 16.1. The van der Waals surface area contributed by atoms with E-state index in [-0.39, 0.29) is 11.6 Å². The summed E-state index contributed by atoms with van der Waals surface area (Å²) in [4.78, 5) is 16.6. The summed E-state index contributed by atoms with van der Waals surface area (Å²) in [6, 6.07) is 8.17. The fourth-order valence-electron chi connectivity index (χ4n) is 2.03. The Hall–Kier alpha value is -2.06. The summed E-state index contributed by atoms with van der Waals surface area (Å²) >= 11 is 0. The normalized spacial score (nSPS) is 12.4. The Morgan fingerprint density at radius 1 is 1.37 bits per heavy atom. The maximum absolute atomic E-state index is 11.1. The predicted octanol–water partition coefficient (Wildman–Crippen LogP) is 1.54. The van der Waals surface area contributed by atoms with Gasteiger partial charge in [-0.3, -0.25) is 0 Å². The molecular weight excluding hydrogens is 240 g/mol. The van der Waals surface area contributed by atoms with Crippen LogP contribution in [0.3, 0.4) is 0 Å². The second kappa shape index (κ2) is 6.21. The van der Waals surface area contributed by atoms with Crippen LogP contribution in [0.2, 0.25) is 0 Å². The van der Waals surface area contributed by atoms with Crippen molar-refractivity contribution in [3.63, 3.8) is 0 Å². The van der Waals surface area contributed by atoms with Crippen LogP contribution < -0.4 is 11.0 Å². The number of aromatic nitrogens is 2. The van der Waals surface area contributed by atoms with Crippen LogP contribution in [0.5, 0.6) is 0 Å². The number of nitrogens with one attached hydrogen (secondary N) is 3. The Balaban J connectivity index is 1.88. The summed E-state index contributed by atoms with van der Waals surface area (Å²) < 4.78 is 0. The molecule has 0 radical (unpaired) electrons. The zero-order chi connectivity index (χ0) is 13.7. The maximum Gasteiger partial charge on any atom is 0.323 e. The third-order valence-corrected chi connectivity index (χ3v) is 3.24. The van der Waals surface area contributed by atoms with Crippen molar-refractivity contribution in [3.05, 3.63) is 34.2 Å². The van der Waals surface area contributed by atoms with E-state index in [1.807, 2.05) is 25.1 Å². The average molecular weight is 258 g/mol. The number of benzene rings is 1. The van der Waals surface area contributed by atoms with Gasteiger partial charge in [-0.05, 0) is 37.1 Å². The first-order valence-electron chi connectivity index (χ1n) is 6.54. The summed E-state index contributed by atoms with van der Waals surface area (Å²) in [7, 11) is 0. The Kier molecular flexibility index (Phi) is 4.37. The Morgan fingerprint density at radius 3 is 2.89 bits per heavy atom. The first kappa shape index (κ1) is 13.4. The highest BCUT2D eigenvalue weighted by Crippen LogP contribution is 2.10. The molecule has 1 heterocycles. The van der Waals surface area contributed by atoms with E-state index in [1.165, 1.54) is 5.56 Å². The fourth-order valence-corrected chi connectivity index (χ4v) is 2.03. The van der Waals surface area contributed by atoms with Crippen molar-refractivity contribution in [2.75, 3.05) is 13.1 Å². The van der Waals surface area contributed by atoms with Crippen molar-refractivity contribution in [2.24, 2.45) is 5.92 Å². The van der Waals surface area contributed by atoms with E-state index in [1.54, 1.807) is 0 Å². The van der Waals surface area contributed by atoms with Crippen LogP contribution in [0.25, 0.3) is 11.0 Å². The summed E-state index contributed by atoms with van der Waals surface area (Å²) in [5, 5.41) is 12.1. The molecule has 0 aliphatic carbocycles. The minimum absolute atomic E-state index is 0.0866. The molecule has 1 atom stereocenters. The Morgan fingerprint density at radius 2 is 2.16 bits per heavy atom. The molecule has 0 saturated carbocycles. The zero-order valence-corrected chi connectivity index (χ0v) is 11.0. The molecular formula is C14H18N4O. The van der Waals surface area contributed by atoms with Crippen molar-refractivity contribution >= 4 is 11.0 Å². The number of nitrogens with zero attached hydrogens (tertiary/aromatic N) is 1. The molecule has 0 saturated heterocycles. The fraction of sp³-hybridized carbons (Fsp3) is 0.429. The molecule has 2 rings (SSSR count). The van der Waals surface area contributed by atoms with E-state index in [4.69, 9.17) is 5.26 Å². The molecule has 0 fully saturated rings. The monoisotopic (exact) mass is 258 g/mol. The van der Waals surface area contributed by atoms with E-state index in [9.17, 15) is 4.79 Å². The highest BCUT2D eigenvalue weighted by Gasteiger charge is 2.03. The van der Waals surface area contributed by atoms with Gasteiger partial charge in [0.15, 0.2) is 0 Å². The van der Waals surface area contributed by atoms with E-state index in [2.05, 4.69) is 21.4 Å². The molecule has 100 valence electrons. The summed E-state index contributed by atoms with van der Waals surface area (Å²) in [5.74, 6) is 0.0866. The highest BCUT2D eigenvalue weighted by molar-refractivity contribution is 5.74. The van der Waals surface area contributed by atoms with Gasteiger partial charge in [0.25, 0.3) is 0 Å². The lowest BCUT2D eigenvalue weighted by Gasteiger charge is -2.08. The van der Waals surface area contributed by atoms with Crippen molar-refractivity contribution in [1.29, 1.82) is 5.26 Å². The maximum atomic E-state index is 11.1. The van der Waals surface area contributed by atoms with Gasteiger partial charge >= 0.3 is 5.69 Å².